The summed E-state index contributed by atoms with van der Waals surface area (Å²) in [7, 11) is 0. The molecule has 1 amide bonds. The second-order valence-electron chi connectivity index (χ2n) is 4.67. The van der Waals surface area contributed by atoms with E-state index in [0.717, 1.165) is 12.3 Å². The van der Waals surface area contributed by atoms with E-state index in [1.807, 2.05) is 30.0 Å². The Labute approximate surface area is 118 Å². The summed E-state index contributed by atoms with van der Waals surface area (Å²) in [5.74, 6) is 3.71. The quantitative estimate of drug-likeness (QED) is 0.781. The van der Waals surface area contributed by atoms with E-state index in [1.165, 1.54) is 12.2 Å². The molecule has 5 heteroatoms. The first kappa shape index (κ1) is 14.1. The Morgan fingerprint density at radius 2 is 2.32 bits per heavy atom. The van der Waals surface area contributed by atoms with Gasteiger partial charge in [0.15, 0.2) is 0 Å². The molecule has 1 atom stereocenters. The minimum Gasteiger partial charge on any atom is -0.491 e. The molecule has 104 valence electrons. The number of amides is 1. The lowest BCUT2D eigenvalue weighted by Gasteiger charge is -2.11. The number of rotatable bonds is 6. The maximum Gasteiger partial charge on any atom is 0.223 e. The zero-order chi connectivity index (χ0) is 13.5. The fourth-order valence-electron chi connectivity index (χ4n) is 1.96. The largest absolute Gasteiger partial charge is 0.491 e. The molecule has 1 aromatic rings. The molecule has 0 aliphatic carbocycles. The fourth-order valence-corrected chi connectivity index (χ4v) is 3.24. The first-order valence-electron chi connectivity index (χ1n) is 6.57. The van der Waals surface area contributed by atoms with Gasteiger partial charge < -0.3 is 15.8 Å². The number of benzene rings is 1. The van der Waals surface area contributed by atoms with Gasteiger partial charge >= 0.3 is 0 Å². The highest BCUT2D eigenvalue weighted by Crippen LogP contribution is 2.22. The number of nitrogens with one attached hydrogen (secondary N) is 1. The zero-order valence-electron chi connectivity index (χ0n) is 10.9. The van der Waals surface area contributed by atoms with E-state index in [-0.39, 0.29) is 5.91 Å². The average Bonchev–Trinajstić information content (AvgIpc) is 2.92. The van der Waals surface area contributed by atoms with Crippen molar-refractivity contribution >= 4 is 23.4 Å². The van der Waals surface area contributed by atoms with Gasteiger partial charge in [0.1, 0.15) is 5.75 Å². The van der Waals surface area contributed by atoms with Crippen molar-refractivity contribution < 1.29 is 9.53 Å². The van der Waals surface area contributed by atoms with Crippen molar-refractivity contribution in [3.63, 3.8) is 0 Å². The van der Waals surface area contributed by atoms with E-state index in [0.29, 0.717) is 30.4 Å². The third kappa shape index (κ3) is 4.67. The normalized spacial score (nSPS) is 18.2. The van der Waals surface area contributed by atoms with Crippen molar-refractivity contribution in [1.29, 1.82) is 0 Å². The predicted molar refractivity (Wildman–Crippen MR) is 79.4 cm³/mol. The van der Waals surface area contributed by atoms with Crippen LogP contribution in [0.25, 0.3) is 0 Å². The summed E-state index contributed by atoms with van der Waals surface area (Å²) >= 11 is 1.96. The maximum absolute atomic E-state index is 11.6. The Morgan fingerprint density at radius 3 is 3.05 bits per heavy atom. The number of hydrogen-bond donors (Lipinski definition) is 2. The predicted octanol–water partition coefficient (Wildman–Crippen LogP) is 1.91. The topological polar surface area (TPSA) is 64.3 Å². The molecule has 4 nitrogen and oxygen atoms in total. The number of carbonyl (C=O) groups excluding carboxylic acids is 1. The molecule has 1 aliphatic rings. The third-order valence-electron chi connectivity index (χ3n) is 3.12. The summed E-state index contributed by atoms with van der Waals surface area (Å²) in [6, 6.07) is 7.31. The molecule has 0 saturated carbocycles. The molecule has 1 aromatic carbocycles. The van der Waals surface area contributed by atoms with E-state index < -0.39 is 0 Å². The van der Waals surface area contributed by atoms with Gasteiger partial charge in [-0.05, 0) is 36.0 Å². The van der Waals surface area contributed by atoms with Crippen LogP contribution in [0.1, 0.15) is 12.8 Å². The van der Waals surface area contributed by atoms with Gasteiger partial charge in [-0.25, -0.2) is 0 Å². The van der Waals surface area contributed by atoms with Crippen LogP contribution in [0.5, 0.6) is 5.75 Å². The minimum absolute atomic E-state index is 0.0476. The van der Waals surface area contributed by atoms with Crippen molar-refractivity contribution in [2.75, 3.05) is 30.4 Å². The Balaban J connectivity index is 1.62. The second-order valence-corrected chi connectivity index (χ2v) is 5.82. The summed E-state index contributed by atoms with van der Waals surface area (Å²) in [5.41, 5.74) is 6.35. The summed E-state index contributed by atoms with van der Waals surface area (Å²) in [6.45, 7) is 1.15. The number of nitrogens with two attached hydrogens (primary N) is 1. The molecular weight excluding hydrogens is 260 g/mol. The van der Waals surface area contributed by atoms with Gasteiger partial charge in [-0.2, -0.15) is 11.8 Å². The molecule has 1 saturated heterocycles. The van der Waals surface area contributed by atoms with Crippen LogP contribution in [-0.2, 0) is 4.79 Å². The van der Waals surface area contributed by atoms with Gasteiger partial charge in [-0.15, -0.1) is 0 Å². The monoisotopic (exact) mass is 280 g/mol. The molecular formula is C14H20N2O2S. The zero-order valence-corrected chi connectivity index (χ0v) is 11.7. The highest BCUT2D eigenvalue weighted by atomic mass is 32.2. The van der Waals surface area contributed by atoms with Crippen LogP contribution in [0, 0.1) is 5.92 Å². The first-order chi connectivity index (χ1) is 9.25. The highest BCUT2D eigenvalue weighted by molar-refractivity contribution is 7.99. The highest BCUT2D eigenvalue weighted by Gasteiger charge is 2.15. The van der Waals surface area contributed by atoms with Gasteiger partial charge in [-0.3, -0.25) is 4.79 Å². The Hall–Kier alpha value is -1.36. The van der Waals surface area contributed by atoms with Crippen LogP contribution in [0.3, 0.4) is 0 Å². The smallest absolute Gasteiger partial charge is 0.223 e. The van der Waals surface area contributed by atoms with Gasteiger partial charge in [0.2, 0.25) is 5.91 Å². The van der Waals surface area contributed by atoms with Crippen LogP contribution in [0.4, 0.5) is 5.69 Å². The van der Waals surface area contributed by atoms with E-state index in [4.69, 9.17) is 10.5 Å². The molecule has 0 radical (unpaired) electrons. The molecule has 1 unspecified atom stereocenters. The standard InChI is InChI=1S/C14H20N2O2S/c15-12-3-1-2-4-13(12)18-7-5-14(17)16-9-11-6-8-19-10-11/h1-4,11H,5-10,15H2,(H,16,17). The van der Waals surface area contributed by atoms with Gasteiger partial charge in [0.25, 0.3) is 0 Å². The molecule has 0 aromatic heterocycles. The van der Waals surface area contributed by atoms with Crippen molar-refractivity contribution in [2.45, 2.75) is 12.8 Å². The van der Waals surface area contributed by atoms with Crippen LogP contribution >= 0.6 is 11.8 Å². The van der Waals surface area contributed by atoms with E-state index in [9.17, 15) is 4.79 Å². The molecule has 0 spiro atoms. The molecule has 1 aliphatic heterocycles. The van der Waals surface area contributed by atoms with Crippen molar-refractivity contribution in [2.24, 2.45) is 5.92 Å². The Morgan fingerprint density at radius 1 is 1.47 bits per heavy atom. The van der Waals surface area contributed by atoms with Crippen LogP contribution in [-0.4, -0.2) is 30.6 Å². The van der Waals surface area contributed by atoms with E-state index >= 15 is 0 Å². The SMILES string of the molecule is Nc1ccccc1OCCC(=O)NCC1CCSC1. The summed E-state index contributed by atoms with van der Waals surface area (Å²) in [5, 5.41) is 2.96. The average molecular weight is 280 g/mol. The summed E-state index contributed by atoms with van der Waals surface area (Å²) in [6.07, 6.45) is 1.58. The maximum atomic E-state index is 11.6. The van der Waals surface area contributed by atoms with E-state index in [2.05, 4.69) is 5.32 Å². The number of hydrogen-bond acceptors (Lipinski definition) is 4. The Bertz CT molecular complexity index is 420. The molecule has 0 bridgehead atoms. The lowest BCUT2D eigenvalue weighted by Crippen LogP contribution is -2.30. The number of nitrogen functional groups attached to an aromatic ring is 1. The van der Waals surface area contributed by atoms with E-state index in [1.54, 1.807) is 6.07 Å². The Kier molecular flexibility index (Phi) is 5.39. The third-order valence-corrected chi connectivity index (χ3v) is 4.35. The molecule has 2 rings (SSSR count). The lowest BCUT2D eigenvalue weighted by atomic mass is 10.1. The van der Waals surface area contributed by atoms with Crippen LogP contribution in [0.15, 0.2) is 24.3 Å². The van der Waals surface area contributed by atoms with Gasteiger partial charge in [0, 0.05) is 6.54 Å². The molecule has 3 N–H and O–H groups in total. The summed E-state index contributed by atoms with van der Waals surface area (Å²) in [4.78, 5) is 11.6. The van der Waals surface area contributed by atoms with Crippen molar-refractivity contribution in [3.05, 3.63) is 24.3 Å². The minimum atomic E-state index is 0.0476. The first-order valence-corrected chi connectivity index (χ1v) is 7.73. The second kappa shape index (κ2) is 7.28. The van der Waals surface area contributed by atoms with Crippen LogP contribution in [0.2, 0.25) is 0 Å². The number of para-hydroxylation sites is 2. The van der Waals surface area contributed by atoms with Crippen molar-refractivity contribution in [3.8, 4) is 5.75 Å². The van der Waals surface area contributed by atoms with Gasteiger partial charge in [0.05, 0.1) is 18.7 Å². The molecule has 1 heterocycles. The van der Waals surface area contributed by atoms with Gasteiger partial charge in [-0.1, -0.05) is 12.1 Å². The van der Waals surface area contributed by atoms with Crippen molar-refractivity contribution in [1.82, 2.24) is 5.32 Å². The number of thioether (sulfide) groups is 1. The molecule has 19 heavy (non-hydrogen) atoms. The summed E-state index contributed by atoms with van der Waals surface area (Å²) < 4.78 is 5.49. The number of anilines is 1. The molecule has 1 fully saturated rings. The lowest BCUT2D eigenvalue weighted by molar-refractivity contribution is -0.121. The van der Waals surface area contributed by atoms with Crippen LogP contribution < -0.4 is 15.8 Å². The number of ether oxygens (including phenoxy) is 1. The fraction of sp³-hybridized carbons (Fsp3) is 0.500. The number of carbonyl (C=O) groups is 1.